The zero-order chi connectivity index (χ0) is 9.35. The molecule has 1 fully saturated rings. The molecule has 0 radical (unpaired) electrons. The second-order valence-electron chi connectivity index (χ2n) is 3.71. The molecular formula is C9H15NO2. The second kappa shape index (κ2) is 2.88. The first-order valence-corrected chi connectivity index (χ1v) is 4.37. The number of rotatable bonds is 2. The van der Waals surface area contributed by atoms with Crippen molar-refractivity contribution in [2.24, 2.45) is 11.3 Å². The summed E-state index contributed by atoms with van der Waals surface area (Å²) in [5, 5.41) is 2.36. The number of amides is 2. The van der Waals surface area contributed by atoms with Gasteiger partial charge in [-0.3, -0.25) is 14.9 Å². The van der Waals surface area contributed by atoms with Crippen molar-refractivity contribution in [2.45, 2.75) is 33.6 Å². The maximum Gasteiger partial charge on any atom is 0.233 e. The molecule has 0 aromatic rings. The predicted octanol–water partition coefficient (Wildman–Crippen LogP) is 1.09. The lowest BCUT2D eigenvalue weighted by Crippen LogP contribution is -2.30. The van der Waals surface area contributed by atoms with Crippen molar-refractivity contribution in [3.63, 3.8) is 0 Å². The molecule has 3 nitrogen and oxygen atoms in total. The van der Waals surface area contributed by atoms with E-state index in [-0.39, 0.29) is 17.7 Å². The van der Waals surface area contributed by atoms with Crippen LogP contribution >= 0.6 is 0 Å². The molecule has 0 saturated carbocycles. The van der Waals surface area contributed by atoms with Crippen LogP contribution in [0.3, 0.4) is 0 Å². The average molecular weight is 169 g/mol. The van der Waals surface area contributed by atoms with Crippen LogP contribution in [0.2, 0.25) is 0 Å². The molecular weight excluding hydrogens is 154 g/mol. The van der Waals surface area contributed by atoms with Crippen molar-refractivity contribution in [1.82, 2.24) is 5.32 Å². The van der Waals surface area contributed by atoms with Gasteiger partial charge in [0.25, 0.3) is 0 Å². The summed E-state index contributed by atoms with van der Waals surface area (Å²) in [6.07, 6.45) is 1.72. The van der Waals surface area contributed by atoms with E-state index in [4.69, 9.17) is 0 Å². The van der Waals surface area contributed by atoms with Gasteiger partial charge in [0.15, 0.2) is 0 Å². The standard InChI is InChI=1S/C9H15NO2/c1-4-5-9(3)6(2)7(11)10-8(9)12/h6H,4-5H2,1-3H3,(H,10,11,12). The van der Waals surface area contributed by atoms with E-state index in [1.807, 2.05) is 20.8 Å². The molecule has 3 heteroatoms. The topological polar surface area (TPSA) is 46.2 Å². The van der Waals surface area contributed by atoms with Gasteiger partial charge in [-0.2, -0.15) is 0 Å². The lowest BCUT2D eigenvalue weighted by atomic mass is 9.76. The first kappa shape index (κ1) is 9.23. The van der Waals surface area contributed by atoms with Crippen molar-refractivity contribution in [3.8, 4) is 0 Å². The Morgan fingerprint density at radius 1 is 1.50 bits per heavy atom. The van der Waals surface area contributed by atoms with Crippen LogP contribution < -0.4 is 5.32 Å². The van der Waals surface area contributed by atoms with Gasteiger partial charge in [0.05, 0.1) is 5.41 Å². The Labute approximate surface area is 72.5 Å². The Balaban J connectivity index is 2.87. The molecule has 0 spiro atoms. The van der Waals surface area contributed by atoms with Gasteiger partial charge in [-0.25, -0.2) is 0 Å². The monoisotopic (exact) mass is 169 g/mol. The quantitative estimate of drug-likeness (QED) is 0.629. The Bertz CT molecular complexity index is 225. The molecule has 2 unspecified atom stereocenters. The number of carbonyl (C=O) groups excluding carboxylic acids is 2. The molecule has 1 rings (SSSR count). The minimum atomic E-state index is -0.466. The van der Waals surface area contributed by atoms with Crippen molar-refractivity contribution in [3.05, 3.63) is 0 Å². The van der Waals surface area contributed by atoms with E-state index in [9.17, 15) is 9.59 Å². The van der Waals surface area contributed by atoms with Crippen LogP contribution in [-0.2, 0) is 9.59 Å². The van der Waals surface area contributed by atoms with Crippen LogP contribution in [0.1, 0.15) is 33.6 Å². The van der Waals surface area contributed by atoms with E-state index >= 15 is 0 Å². The summed E-state index contributed by atoms with van der Waals surface area (Å²) in [6, 6.07) is 0. The molecule has 0 aliphatic carbocycles. The van der Waals surface area contributed by atoms with Crippen LogP contribution in [0.25, 0.3) is 0 Å². The van der Waals surface area contributed by atoms with Gasteiger partial charge in [0.1, 0.15) is 0 Å². The molecule has 2 atom stereocenters. The highest BCUT2D eigenvalue weighted by atomic mass is 16.2. The van der Waals surface area contributed by atoms with E-state index in [0.29, 0.717) is 0 Å². The van der Waals surface area contributed by atoms with E-state index in [2.05, 4.69) is 5.32 Å². The summed E-state index contributed by atoms with van der Waals surface area (Å²) in [5.41, 5.74) is -0.466. The van der Waals surface area contributed by atoms with Gasteiger partial charge in [-0.1, -0.05) is 20.3 Å². The van der Waals surface area contributed by atoms with Gasteiger partial charge in [-0.05, 0) is 13.3 Å². The summed E-state index contributed by atoms with van der Waals surface area (Å²) in [4.78, 5) is 22.5. The Morgan fingerprint density at radius 3 is 2.42 bits per heavy atom. The number of hydrogen-bond acceptors (Lipinski definition) is 2. The molecule has 2 amide bonds. The predicted molar refractivity (Wildman–Crippen MR) is 45.3 cm³/mol. The van der Waals surface area contributed by atoms with E-state index in [1.165, 1.54) is 0 Å². The van der Waals surface area contributed by atoms with Gasteiger partial charge in [0.2, 0.25) is 11.8 Å². The minimum absolute atomic E-state index is 0.109. The third-order valence-electron chi connectivity index (χ3n) is 2.87. The highest BCUT2D eigenvalue weighted by molar-refractivity contribution is 6.06. The minimum Gasteiger partial charge on any atom is -0.296 e. The lowest BCUT2D eigenvalue weighted by Gasteiger charge is -2.23. The molecule has 1 N–H and O–H groups in total. The van der Waals surface area contributed by atoms with Crippen molar-refractivity contribution >= 4 is 11.8 Å². The van der Waals surface area contributed by atoms with Crippen molar-refractivity contribution in [2.75, 3.05) is 0 Å². The first-order valence-electron chi connectivity index (χ1n) is 4.37. The molecule has 1 aliphatic rings. The molecule has 0 bridgehead atoms. The fourth-order valence-electron chi connectivity index (χ4n) is 1.70. The lowest BCUT2D eigenvalue weighted by molar-refractivity contribution is -0.128. The van der Waals surface area contributed by atoms with Crippen LogP contribution in [0, 0.1) is 11.3 Å². The zero-order valence-corrected chi connectivity index (χ0v) is 7.81. The molecule has 0 aromatic carbocycles. The molecule has 1 saturated heterocycles. The summed E-state index contributed by atoms with van der Waals surface area (Å²) in [7, 11) is 0. The van der Waals surface area contributed by atoms with Gasteiger partial charge < -0.3 is 0 Å². The number of nitrogens with one attached hydrogen (secondary N) is 1. The second-order valence-corrected chi connectivity index (χ2v) is 3.71. The van der Waals surface area contributed by atoms with Crippen LogP contribution in [-0.4, -0.2) is 11.8 Å². The average Bonchev–Trinajstić information content (AvgIpc) is 2.17. The van der Waals surface area contributed by atoms with Crippen molar-refractivity contribution in [1.29, 1.82) is 0 Å². The smallest absolute Gasteiger partial charge is 0.233 e. The normalized spacial score (nSPS) is 35.4. The number of carbonyl (C=O) groups is 2. The number of imide groups is 1. The van der Waals surface area contributed by atoms with Crippen LogP contribution in [0.4, 0.5) is 0 Å². The SMILES string of the molecule is CCCC1(C)C(=O)NC(=O)C1C. The first-order chi connectivity index (χ1) is 5.52. The van der Waals surface area contributed by atoms with E-state index in [1.54, 1.807) is 0 Å². The molecule has 1 heterocycles. The largest absolute Gasteiger partial charge is 0.296 e. The molecule has 1 aliphatic heterocycles. The molecule has 12 heavy (non-hydrogen) atoms. The third-order valence-corrected chi connectivity index (χ3v) is 2.87. The summed E-state index contributed by atoms with van der Waals surface area (Å²) in [6.45, 7) is 5.70. The summed E-state index contributed by atoms with van der Waals surface area (Å²) < 4.78 is 0. The summed E-state index contributed by atoms with van der Waals surface area (Å²) in [5.74, 6) is -0.414. The molecule has 0 aromatic heterocycles. The third kappa shape index (κ3) is 1.13. The van der Waals surface area contributed by atoms with Gasteiger partial charge >= 0.3 is 0 Å². The fraction of sp³-hybridized carbons (Fsp3) is 0.778. The van der Waals surface area contributed by atoms with Crippen LogP contribution in [0.15, 0.2) is 0 Å². The highest BCUT2D eigenvalue weighted by Crippen LogP contribution is 2.36. The number of hydrogen-bond donors (Lipinski definition) is 1. The highest BCUT2D eigenvalue weighted by Gasteiger charge is 2.48. The Morgan fingerprint density at radius 2 is 2.08 bits per heavy atom. The maximum absolute atomic E-state index is 11.4. The van der Waals surface area contributed by atoms with Gasteiger partial charge in [-0.15, -0.1) is 0 Å². The van der Waals surface area contributed by atoms with E-state index < -0.39 is 5.41 Å². The Kier molecular flexibility index (Phi) is 2.22. The zero-order valence-electron chi connectivity index (χ0n) is 7.81. The molecule has 68 valence electrons. The Hall–Kier alpha value is -0.860. The maximum atomic E-state index is 11.4. The van der Waals surface area contributed by atoms with Gasteiger partial charge in [0, 0.05) is 5.92 Å². The van der Waals surface area contributed by atoms with Crippen molar-refractivity contribution < 1.29 is 9.59 Å². The van der Waals surface area contributed by atoms with E-state index in [0.717, 1.165) is 12.8 Å². The fourth-order valence-corrected chi connectivity index (χ4v) is 1.70. The van der Waals surface area contributed by atoms with Crippen LogP contribution in [0.5, 0.6) is 0 Å². The summed E-state index contributed by atoms with van der Waals surface area (Å²) >= 11 is 0.